The Labute approximate surface area is 107 Å². The second-order valence-electron chi connectivity index (χ2n) is 4.43. The molecule has 9 nitrogen and oxygen atoms in total. The molecule has 1 aromatic rings. The van der Waals surface area contributed by atoms with Gasteiger partial charge in [-0.25, -0.2) is 14.3 Å². The zero-order valence-corrected chi connectivity index (χ0v) is 10.5. The highest BCUT2D eigenvalue weighted by atomic mass is 16.5. The fourth-order valence-corrected chi connectivity index (χ4v) is 1.89. The lowest BCUT2D eigenvalue weighted by Gasteiger charge is -2.23. The molecule has 2 rings (SSSR count). The Morgan fingerprint density at radius 1 is 1.47 bits per heavy atom. The second-order valence-corrected chi connectivity index (χ2v) is 4.43. The third-order valence-corrected chi connectivity index (χ3v) is 3.11. The molecule has 1 fully saturated rings. The van der Waals surface area contributed by atoms with E-state index in [9.17, 15) is 19.5 Å². The fraction of sp³-hybridized carbons (Fsp3) is 0.600. The summed E-state index contributed by atoms with van der Waals surface area (Å²) in [5.74, 6) is -1.31. The van der Waals surface area contributed by atoms with E-state index in [0.29, 0.717) is 0 Å². The minimum atomic E-state index is -1.38. The molecule has 0 amide bonds. The standard InChI is InChI=1S/C10H14N4O5/c1-13-7(15)6(12-14(2)9(13)18)11-10(8(16)17)3-4-19-5-10/h3-5H2,1-2H3,(H,11,12)(H,16,17). The van der Waals surface area contributed by atoms with E-state index >= 15 is 0 Å². The van der Waals surface area contributed by atoms with Crippen LogP contribution in [0.2, 0.25) is 0 Å². The summed E-state index contributed by atoms with van der Waals surface area (Å²) in [6, 6.07) is 0. The van der Waals surface area contributed by atoms with Crippen LogP contribution >= 0.6 is 0 Å². The van der Waals surface area contributed by atoms with Gasteiger partial charge in [0.25, 0.3) is 5.56 Å². The minimum Gasteiger partial charge on any atom is -0.479 e. The lowest BCUT2D eigenvalue weighted by molar-refractivity contribution is -0.142. The van der Waals surface area contributed by atoms with E-state index in [1.165, 1.54) is 14.1 Å². The summed E-state index contributed by atoms with van der Waals surface area (Å²) in [5, 5.41) is 15.6. The van der Waals surface area contributed by atoms with Gasteiger partial charge in [-0.15, -0.1) is 5.10 Å². The number of hydrogen-bond acceptors (Lipinski definition) is 6. The van der Waals surface area contributed by atoms with E-state index in [1.54, 1.807) is 0 Å². The quantitative estimate of drug-likeness (QED) is 0.661. The Morgan fingerprint density at radius 2 is 2.16 bits per heavy atom. The number of hydrogen-bond donors (Lipinski definition) is 2. The zero-order chi connectivity index (χ0) is 14.2. The number of carboxylic acid groups (broad SMARTS) is 1. The van der Waals surface area contributed by atoms with E-state index in [1.807, 2.05) is 0 Å². The van der Waals surface area contributed by atoms with Gasteiger partial charge in [-0.05, 0) is 0 Å². The van der Waals surface area contributed by atoms with Gasteiger partial charge in [0.2, 0.25) is 5.82 Å². The van der Waals surface area contributed by atoms with E-state index in [2.05, 4.69) is 10.4 Å². The Morgan fingerprint density at radius 3 is 2.68 bits per heavy atom. The summed E-state index contributed by atoms with van der Waals surface area (Å²) >= 11 is 0. The van der Waals surface area contributed by atoms with Crippen molar-refractivity contribution in [3.63, 3.8) is 0 Å². The lowest BCUT2D eigenvalue weighted by atomic mass is 9.99. The van der Waals surface area contributed by atoms with E-state index < -0.39 is 22.8 Å². The van der Waals surface area contributed by atoms with Crippen LogP contribution in [0, 0.1) is 0 Å². The van der Waals surface area contributed by atoms with Crippen molar-refractivity contribution in [2.75, 3.05) is 18.5 Å². The molecule has 0 bridgehead atoms. The maximum absolute atomic E-state index is 11.9. The molecular formula is C10H14N4O5. The first-order valence-corrected chi connectivity index (χ1v) is 5.61. The lowest BCUT2D eigenvalue weighted by Crippen LogP contribution is -2.50. The van der Waals surface area contributed by atoms with Crippen LogP contribution in [0.1, 0.15) is 6.42 Å². The summed E-state index contributed by atoms with van der Waals surface area (Å²) in [6.07, 6.45) is 0.218. The Bertz CT molecular complexity index is 626. The number of ether oxygens (including phenoxy) is 1. The van der Waals surface area contributed by atoms with Crippen molar-refractivity contribution in [1.29, 1.82) is 0 Å². The minimum absolute atomic E-state index is 0.0595. The van der Waals surface area contributed by atoms with Crippen LogP contribution in [0.4, 0.5) is 5.82 Å². The van der Waals surface area contributed by atoms with Gasteiger partial charge in [-0.2, -0.15) is 0 Å². The van der Waals surface area contributed by atoms with Crippen LogP contribution in [-0.4, -0.2) is 44.2 Å². The van der Waals surface area contributed by atoms with Gasteiger partial charge in [0.05, 0.1) is 6.61 Å². The molecule has 104 valence electrons. The van der Waals surface area contributed by atoms with Crippen molar-refractivity contribution in [2.24, 2.45) is 14.1 Å². The Balaban J connectivity index is 2.47. The van der Waals surface area contributed by atoms with Crippen molar-refractivity contribution >= 4 is 11.8 Å². The van der Waals surface area contributed by atoms with Crippen molar-refractivity contribution in [3.05, 3.63) is 20.8 Å². The fourth-order valence-electron chi connectivity index (χ4n) is 1.89. The largest absolute Gasteiger partial charge is 0.479 e. The molecule has 0 aliphatic carbocycles. The number of aromatic nitrogens is 3. The molecule has 1 unspecified atom stereocenters. The number of carboxylic acids is 1. The van der Waals surface area contributed by atoms with Gasteiger partial charge in [-0.3, -0.25) is 9.36 Å². The number of nitrogens with zero attached hydrogens (tertiary/aromatic N) is 3. The SMILES string of the molecule is Cn1nc(NC2(C(=O)O)CCOC2)c(=O)n(C)c1=O. The van der Waals surface area contributed by atoms with E-state index in [0.717, 1.165) is 9.25 Å². The van der Waals surface area contributed by atoms with Gasteiger partial charge < -0.3 is 15.2 Å². The highest BCUT2D eigenvalue weighted by Crippen LogP contribution is 2.22. The van der Waals surface area contributed by atoms with Crippen LogP contribution in [-0.2, 0) is 23.6 Å². The van der Waals surface area contributed by atoms with E-state index in [4.69, 9.17) is 4.74 Å². The van der Waals surface area contributed by atoms with Gasteiger partial charge >= 0.3 is 11.7 Å². The predicted molar refractivity (Wildman–Crippen MR) is 64.1 cm³/mol. The van der Waals surface area contributed by atoms with Crippen LogP contribution < -0.4 is 16.6 Å². The van der Waals surface area contributed by atoms with Crippen LogP contribution in [0.25, 0.3) is 0 Å². The molecule has 2 N–H and O–H groups in total. The molecule has 0 spiro atoms. The number of aryl methyl sites for hydroxylation is 1. The number of rotatable bonds is 3. The average Bonchev–Trinajstić information content (AvgIpc) is 2.83. The topological polar surface area (TPSA) is 115 Å². The molecule has 2 heterocycles. The maximum atomic E-state index is 11.9. The molecular weight excluding hydrogens is 256 g/mol. The highest BCUT2D eigenvalue weighted by Gasteiger charge is 2.43. The van der Waals surface area contributed by atoms with Crippen LogP contribution in [0.15, 0.2) is 9.59 Å². The third-order valence-electron chi connectivity index (χ3n) is 3.11. The predicted octanol–water partition coefficient (Wildman–Crippen LogP) is -1.87. The molecule has 0 radical (unpaired) electrons. The molecule has 9 heteroatoms. The summed E-state index contributed by atoms with van der Waals surface area (Å²) in [5.41, 5.74) is -2.63. The van der Waals surface area contributed by atoms with Gasteiger partial charge in [0, 0.05) is 27.1 Å². The molecule has 1 aromatic heterocycles. The molecule has 1 saturated heterocycles. The summed E-state index contributed by atoms with van der Waals surface area (Å²) in [7, 11) is 2.68. The third kappa shape index (κ3) is 2.12. The summed E-state index contributed by atoms with van der Waals surface area (Å²) in [4.78, 5) is 34.7. The second kappa shape index (κ2) is 4.50. The van der Waals surface area contributed by atoms with Crippen LogP contribution in [0.5, 0.6) is 0 Å². The van der Waals surface area contributed by atoms with Crippen molar-refractivity contribution in [1.82, 2.24) is 14.3 Å². The van der Waals surface area contributed by atoms with Crippen molar-refractivity contribution in [3.8, 4) is 0 Å². The normalized spacial score (nSPS) is 22.4. The van der Waals surface area contributed by atoms with Gasteiger partial charge in [0.15, 0.2) is 5.54 Å². The first-order chi connectivity index (χ1) is 8.87. The Kier molecular flexibility index (Phi) is 3.14. The summed E-state index contributed by atoms with van der Waals surface area (Å²) < 4.78 is 6.90. The van der Waals surface area contributed by atoms with Crippen LogP contribution in [0.3, 0.4) is 0 Å². The summed E-state index contributed by atoms with van der Waals surface area (Å²) in [6.45, 7) is 0.224. The Hall–Kier alpha value is -2.16. The molecule has 1 aliphatic rings. The monoisotopic (exact) mass is 270 g/mol. The molecule has 0 aromatic carbocycles. The van der Waals surface area contributed by atoms with Gasteiger partial charge in [-0.1, -0.05) is 0 Å². The number of anilines is 1. The molecule has 1 aliphatic heterocycles. The molecule has 19 heavy (non-hydrogen) atoms. The maximum Gasteiger partial charge on any atom is 0.346 e. The number of carbonyl (C=O) groups is 1. The van der Waals surface area contributed by atoms with Crippen molar-refractivity contribution in [2.45, 2.75) is 12.0 Å². The molecule has 0 saturated carbocycles. The van der Waals surface area contributed by atoms with Gasteiger partial charge in [0.1, 0.15) is 0 Å². The molecule has 1 atom stereocenters. The van der Waals surface area contributed by atoms with E-state index in [-0.39, 0.29) is 25.5 Å². The number of aliphatic carboxylic acids is 1. The first kappa shape index (κ1) is 13.3. The smallest absolute Gasteiger partial charge is 0.346 e. The first-order valence-electron chi connectivity index (χ1n) is 5.61. The number of nitrogens with one attached hydrogen (secondary N) is 1. The van der Waals surface area contributed by atoms with Crippen molar-refractivity contribution < 1.29 is 14.6 Å². The zero-order valence-electron chi connectivity index (χ0n) is 10.5. The highest BCUT2D eigenvalue weighted by molar-refractivity contribution is 5.83. The average molecular weight is 270 g/mol.